The van der Waals surface area contributed by atoms with E-state index in [1.807, 2.05) is 18.2 Å². The molecule has 0 radical (unpaired) electrons. The minimum atomic E-state index is -3.25. The molecule has 0 unspecified atom stereocenters. The van der Waals surface area contributed by atoms with Crippen LogP contribution in [0.3, 0.4) is 0 Å². The Hall–Kier alpha value is -1.89. The van der Waals surface area contributed by atoms with Crippen LogP contribution in [0.5, 0.6) is 0 Å². The Morgan fingerprint density at radius 1 is 1.20 bits per heavy atom. The van der Waals surface area contributed by atoms with Crippen molar-refractivity contribution in [2.24, 2.45) is 0 Å². The lowest BCUT2D eigenvalue weighted by atomic mass is 10.1. The van der Waals surface area contributed by atoms with Crippen LogP contribution in [0.25, 0.3) is 0 Å². The van der Waals surface area contributed by atoms with Crippen molar-refractivity contribution in [3.05, 3.63) is 64.2 Å². The van der Waals surface area contributed by atoms with Crippen LogP contribution >= 0.6 is 11.6 Å². The van der Waals surface area contributed by atoms with Gasteiger partial charge < -0.3 is 4.90 Å². The Balaban J connectivity index is 1.82. The molecule has 0 atom stereocenters. The van der Waals surface area contributed by atoms with Gasteiger partial charge in [-0.15, -0.1) is 0 Å². The van der Waals surface area contributed by atoms with Gasteiger partial charge in [-0.1, -0.05) is 23.7 Å². The third-order valence-corrected chi connectivity index (χ3v) is 5.85. The maximum Gasteiger partial charge on any atom is 0.258 e. The van der Waals surface area contributed by atoms with Crippen LogP contribution in [0.15, 0.2) is 42.5 Å². The number of amides is 1. The second-order valence-corrected chi connectivity index (χ2v) is 8.43. The molecule has 0 spiro atoms. The number of benzene rings is 2. The molecular formula is C18H19ClN2O3S. The number of sulfonamides is 1. The fraction of sp³-hybridized carbons (Fsp3) is 0.278. The first-order valence-electron chi connectivity index (χ1n) is 8.06. The number of nitrogens with zero attached hydrogens (tertiary/aromatic N) is 1. The maximum absolute atomic E-state index is 12.8. The third kappa shape index (κ3) is 4.03. The van der Waals surface area contributed by atoms with Gasteiger partial charge in [0.05, 0.1) is 5.75 Å². The number of nitrogens with one attached hydrogen (secondary N) is 1. The molecule has 0 saturated carbocycles. The van der Waals surface area contributed by atoms with Crippen LogP contribution in [0.4, 0.5) is 5.69 Å². The molecule has 1 aliphatic rings. The minimum Gasteiger partial charge on any atom is -0.308 e. The van der Waals surface area contributed by atoms with Gasteiger partial charge in [0, 0.05) is 29.4 Å². The Morgan fingerprint density at radius 3 is 2.60 bits per heavy atom. The smallest absolute Gasteiger partial charge is 0.258 e. The predicted octanol–water partition coefficient (Wildman–Crippen LogP) is 2.98. The van der Waals surface area contributed by atoms with E-state index in [0.29, 0.717) is 17.1 Å². The van der Waals surface area contributed by atoms with Crippen LogP contribution < -0.4 is 9.62 Å². The number of anilines is 1. The fourth-order valence-electron chi connectivity index (χ4n) is 2.79. The van der Waals surface area contributed by atoms with Gasteiger partial charge in [-0.3, -0.25) is 4.79 Å². The summed E-state index contributed by atoms with van der Waals surface area (Å²) in [5.74, 6) is -0.0410. The molecule has 3 rings (SSSR count). The molecule has 2 aromatic rings. The molecule has 1 aliphatic heterocycles. The normalized spacial score (nSPS) is 13.8. The third-order valence-electron chi connectivity index (χ3n) is 4.26. The SMILES string of the molecule is CCS(=O)(=O)NCc1ccc2c(c1)N(C(=O)c1ccc(Cl)cc1)CC2. The zero-order chi connectivity index (χ0) is 18.0. The van der Waals surface area contributed by atoms with E-state index in [4.69, 9.17) is 11.6 Å². The van der Waals surface area contributed by atoms with E-state index >= 15 is 0 Å². The van der Waals surface area contributed by atoms with Crippen molar-refractivity contribution in [1.29, 1.82) is 0 Å². The molecule has 0 saturated heterocycles. The number of hydrogen-bond donors (Lipinski definition) is 1. The summed E-state index contributed by atoms with van der Waals surface area (Å²) in [5, 5.41) is 0.587. The Bertz CT molecular complexity index is 895. The van der Waals surface area contributed by atoms with E-state index in [0.717, 1.165) is 23.2 Å². The predicted molar refractivity (Wildman–Crippen MR) is 99.6 cm³/mol. The molecule has 1 N–H and O–H groups in total. The molecule has 5 nitrogen and oxygen atoms in total. The molecule has 2 aromatic carbocycles. The molecule has 132 valence electrons. The first-order chi connectivity index (χ1) is 11.9. The van der Waals surface area contributed by atoms with Gasteiger partial charge in [-0.2, -0.15) is 0 Å². The van der Waals surface area contributed by atoms with Crippen LogP contribution in [0, 0.1) is 0 Å². The highest BCUT2D eigenvalue weighted by Gasteiger charge is 2.25. The molecule has 0 fully saturated rings. The number of rotatable bonds is 5. The van der Waals surface area contributed by atoms with Crippen LogP contribution in [-0.4, -0.2) is 26.6 Å². The Morgan fingerprint density at radius 2 is 1.92 bits per heavy atom. The largest absolute Gasteiger partial charge is 0.308 e. The van der Waals surface area contributed by atoms with Crippen molar-refractivity contribution in [3.63, 3.8) is 0 Å². The standard InChI is InChI=1S/C18H19ClN2O3S/c1-2-25(23,24)20-12-13-3-4-14-9-10-21(17(14)11-13)18(22)15-5-7-16(19)8-6-15/h3-8,11,20H,2,9-10,12H2,1H3. The van der Waals surface area contributed by atoms with E-state index in [2.05, 4.69) is 4.72 Å². The number of fused-ring (bicyclic) bond motifs is 1. The van der Waals surface area contributed by atoms with Crippen molar-refractivity contribution in [3.8, 4) is 0 Å². The summed E-state index contributed by atoms with van der Waals surface area (Å²) in [5.41, 5.74) is 3.33. The van der Waals surface area contributed by atoms with Crippen LogP contribution in [-0.2, 0) is 23.0 Å². The zero-order valence-corrected chi connectivity index (χ0v) is 15.4. The van der Waals surface area contributed by atoms with Crippen molar-refractivity contribution in [2.75, 3.05) is 17.2 Å². The quantitative estimate of drug-likeness (QED) is 0.869. The topological polar surface area (TPSA) is 66.5 Å². The van der Waals surface area contributed by atoms with Gasteiger partial charge >= 0.3 is 0 Å². The van der Waals surface area contributed by atoms with E-state index in [1.165, 1.54) is 0 Å². The molecule has 1 heterocycles. The van der Waals surface area contributed by atoms with Gasteiger partial charge in [0.1, 0.15) is 0 Å². The number of carbonyl (C=O) groups excluding carboxylic acids is 1. The van der Waals surface area contributed by atoms with Gasteiger partial charge in [0.2, 0.25) is 10.0 Å². The fourth-order valence-corrected chi connectivity index (χ4v) is 3.51. The molecule has 25 heavy (non-hydrogen) atoms. The monoisotopic (exact) mass is 378 g/mol. The highest BCUT2D eigenvalue weighted by molar-refractivity contribution is 7.89. The maximum atomic E-state index is 12.8. The molecule has 0 bridgehead atoms. The highest BCUT2D eigenvalue weighted by Crippen LogP contribution is 2.30. The van der Waals surface area contributed by atoms with E-state index in [1.54, 1.807) is 36.1 Å². The van der Waals surface area contributed by atoms with Crippen molar-refractivity contribution < 1.29 is 13.2 Å². The second kappa shape index (κ2) is 7.15. The summed E-state index contributed by atoms with van der Waals surface area (Å²) in [6, 6.07) is 12.6. The molecule has 1 amide bonds. The molecule has 0 aliphatic carbocycles. The lowest BCUT2D eigenvalue weighted by Crippen LogP contribution is -2.29. The summed E-state index contributed by atoms with van der Waals surface area (Å²) < 4.78 is 25.8. The summed E-state index contributed by atoms with van der Waals surface area (Å²) in [6.45, 7) is 2.42. The number of hydrogen-bond acceptors (Lipinski definition) is 3. The molecule has 7 heteroatoms. The average molecular weight is 379 g/mol. The van der Waals surface area contributed by atoms with E-state index < -0.39 is 10.0 Å². The van der Waals surface area contributed by atoms with Crippen molar-refractivity contribution >= 4 is 33.2 Å². The van der Waals surface area contributed by atoms with Crippen molar-refractivity contribution in [2.45, 2.75) is 19.9 Å². The Kier molecular flexibility index (Phi) is 5.13. The van der Waals surface area contributed by atoms with E-state index in [-0.39, 0.29) is 18.2 Å². The van der Waals surface area contributed by atoms with Gasteiger partial charge in [-0.05, 0) is 54.8 Å². The van der Waals surface area contributed by atoms with Gasteiger partial charge in [0.25, 0.3) is 5.91 Å². The van der Waals surface area contributed by atoms with E-state index in [9.17, 15) is 13.2 Å². The summed E-state index contributed by atoms with van der Waals surface area (Å²) >= 11 is 5.88. The summed E-state index contributed by atoms with van der Waals surface area (Å²) in [6.07, 6.45) is 0.787. The van der Waals surface area contributed by atoms with Crippen LogP contribution in [0.1, 0.15) is 28.4 Å². The van der Waals surface area contributed by atoms with Gasteiger partial charge in [-0.25, -0.2) is 13.1 Å². The number of halogens is 1. The molecular weight excluding hydrogens is 360 g/mol. The first-order valence-corrected chi connectivity index (χ1v) is 10.1. The summed E-state index contributed by atoms with van der Waals surface area (Å²) in [4.78, 5) is 14.5. The zero-order valence-electron chi connectivity index (χ0n) is 13.8. The first kappa shape index (κ1) is 17.9. The lowest BCUT2D eigenvalue weighted by molar-refractivity contribution is 0.0989. The summed E-state index contributed by atoms with van der Waals surface area (Å²) in [7, 11) is -3.25. The lowest BCUT2D eigenvalue weighted by Gasteiger charge is -2.18. The van der Waals surface area contributed by atoms with Gasteiger partial charge in [0.15, 0.2) is 0 Å². The van der Waals surface area contributed by atoms with Crippen LogP contribution in [0.2, 0.25) is 5.02 Å². The van der Waals surface area contributed by atoms with Crippen molar-refractivity contribution in [1.82, 2.24) is 4.72 Å². The molecule has 0 aromatic heterocycles. The Labute approximate surface area is 152 Å². The minimum absolute atomic E-state index is 0.0408. The second-order valence-electron chi connectivity index (χ2n) is 5.90. The highest BCUT2D eigenvalue weighted by atomic mass is 35.5. The average Bonchev–Trinajstić information content (AvgIpc) is 3.03. The number of carbonyl (C=O) groups is 1.